The second-order valence-electron chi connectivity index (χ2n) is 4.22. The molecule has 0 spiro atoms. The molecule has 0 N–H and O–H groups in total. The lowest BCUT2D eigenvalue weighted by atomic mass is 10.2. The molecule has 1 atom stereocenters. The molecule has 0 aliphatic heterocycles. The highest BCUT2D eigenvalue weighted by atomic mass is 16.3. The summed E-state index contributed by atoms with van der Waals surface area (Å²) < 4.78 is 5.37. The van der Waals surface area contributed by atoms with Crippen molar-refractivity contribution in [3.63, 3.8) is 0 Å². The number of nitriles is 1. The normalized spacial score (nSPS) is 12.3. The summed E-state index contributed by atoms with van der Waals surface area (Å²) in [5.41, 5.74) is 1.02. The van der Waals surface area contributed by atoms with E-state index in [0.29, 0.717) is 12.3 Å². The predicted octanol–water partition coefficient (Wildman–Crippen LogP) is 2.74. The Bertz CT molecular complexity index is 542. The van der Waals surface area contributed by atoms with Gasteiger partial charge < -0.3 is 4.42 Å². The summed E-state index contributed by atoms with van der Waals surface area (Å²) in [6, 6.07) is 11.6. The van der Waals surface area contributed by atoms with Gasteiger partial charge in [0, 0.05) is 12.2 Å². The molecular weight excluding hydrogens is 226 g/mol. The molecule has 0 saturated heterocycles. The molecule has 0 aliphatic carbocycles. The largest absolute Gasteiger partial charge is 0.449 e. The van der Waals surface area contributed by atoms with Crippen LogP contribution in [0.1, 0.15) is 30.2 Å². The third-order valence-corrected chi connectivity index (χ3v) is 2.95. The third-order valence-electron chi connectivity index (χ3n) is 2.95. The molecule has 2 rings (SSSR count). The fraction of sp³-hybridized carbons (Fsp3) is 0.286. The molecule has 0 aromatic carbocycles. The van der Waals surface area contributed by atoms with Crippen LogP contribution in [-0.4, -0.2) is 16.9 Å². The van der Waals surface area contributed by atoms with Crippen LogP contribution in [0.15, 0.2) is 40.9 Å². The van der Waals surface area contributed by atoms with Crippen LogP contribution < -0.4 is 0 Å². The van der Waals surface area contributed by atoms with Crippen molar-refractivity contribution < 1.29 is 4.42 Å². The Morgan fingerprint density at radius 3 is 2.83 bits per heavy atom. The molecule has 0 fully saturated rings. The van der Waals surface area contributed by atoms with E-state index in [-0.39, 0.29) is 6.04 Å². The first-order chi connectivity index (χ1) is 8.70. The minimum absolute atomic E-state index is 0.196. The lowest BCUT2D eigenvalue weighted by Crippen LogP contribution is -2.22. The van der Waals surface area contributed by atoms with Gasteiger partial charge in [0.05, 0.1) is 12.2 Å². The van der Waals surface area contributed by atoms with Crippen LogP contribution >= 0.6 is 0 Å². The van der Waals surface area contributed by atoms with E-state index < -0.39 is 0 Å². The van der Waals surface area contributed by atoms with Crippen molar-refractivity contribution in [3.05, 3.63) is 53.7 Å². The van der Waals surface area contributed by atoms with Gasteiger partial charge in [-0.3, -0.25) is 9.88 Å². The zero-order valence-corrected chi connectivity index (χ0v) is 10.5. The van der Waals surface area contributed by atoms with E-state index in [0.717, 1.165) is 11.5 Å². The Labute approximate surface area is 106 Å². The average molecular weight is 241 g/mol. The second-order valence-corrected chi connectivity index (χ2v) is 4.22. The average Bonchev–Trinajstić information content (AvgIpc) is 2.86. The van der Waals surface area contributed by atoms with Crippen LogP contribution in [0.25, 0.3) is 0 Å². The maximum absolute atomic E-state index is 8.70. The summed E-state index contributed by atoms with van der Waals surface area (Å²) in [5.74, 6) is 1.14. The van der Waals surface area contributed by atoms with Gasteiger partial charge in [-0.05, 0) is 38.2 Å². The van der Waals surface area contributed by atoms with Gasteiger partial charge in [0.2, 0.25) is 5.76 Å². The highest BCUT2D eigenvalue weighted by Gasteiger charge is 2.14. The molecule has 2 aromatic rings. The molecule has 2 heterocycles. The topological polar surface area (TPSA) is 53.1 Å². The smallest absolute Gasteiger partial charge is 0.203 e. The Morgan fingerprint density at radius 2 is 2.22 bits per heavy atom. The lowest BCUT2D eigenvalue weighted by molar-refractivity contribution is 0.228. The molecule has 18 heavy (non-hydrogen) atoms. The minimum Gasteiger partial charge on any atom is -0.449 e. The molecule has 4 nitrogen and oxygen atoms in total. The van der Waals surface area contributed by atoms with Crippen molar-refractivity contribution in [1.29, 1.82) is 5.26 Å². The summed E-state index contributed by atoms with van der Waals surface area (Å²) in [6.07, 6.45) is 1.79. The first-order valence-corrected chi connectivity index (χ1v) is 5.80. The Hall–Kier alpha value is -2.12. The maximum Gasteiger partial charge on any atom is 0.203 e. The van der Waals surface area contributed by atoms with Gasteiger partial charge in [-0.1, -0.05) is 6.07 Å². The van der Waals surface area contributed by atoms with E-state index in [4.69, 9.17) is 9.68 Å². The maximum atomic E-state index is 8.70. The number of pyridine rings is 1. The van der Waals surface area contributed by atoms with E-state index in [9.17, 15) is 0 Å². The van der Waals surface area contributed by atoms with Gasteiger partial charge in [0.1, 0.15) is 11.8 Å². The van der Waals surface area contributed by atoms with E-state index in [1.54, 1.807) is 12.3 Å². The van der Waals surface area contributed by atoms with Gasteiger partial charge in [-0.15, -0.1) is 0 Å². The Balaban J connectivity index is 2.04. The molecule has 0 bridgehead atoms. The highest BCUT2D eigenvalue weighted by molar-refractivity contribution is 5.19. The van der Waals surface area contributed by atoms with Gasteiger partial charge in [0.15, 0.2) is 0 Å². The lowest BCUT2D eigenvalue weighted by Gasteiger charge is -2.22. The standard InChI is InChI=1S/C14H15N3O/c1-11(14-5-3-4-8-16-14)17(2)10-13-7-6-12(9-15)18-13/h3-8,11H,10H2,1-2H3/t11-/m1/s1. The van der Waals surface area contributed by atoms with Gasteiger partial charge in [-0.25, -0.2) is 0 Å². The summed E-state index contributed by atoms with van der Waals surface area (Å²) in [5, 5.41) is 8.70. The van der Waals surface area contributed by atoms with Crippen molar-refractivity contribution in [2.45, 2.75) is 19.5 Å². The fourth-order valence-corrected chi connectivity index (χ4v) is 1.75. The quantitative estimate of drug-likeness (QED) is 0.825. The Kier molecular flexibility index (Phi) is 3.75. The number of aromatic nitrogens is 1. The van der Waals surface area contributed by atoms with E-state index in [1.165, 1.54) is 0 Å². The first-order valence-electron chi connectivity index (χ1n) is 5.80. The van der Waals surface area contributed by atoms with Crippen molar-refractivity contribution >= 4 is 0 Å². The van der Waals surface area contributed by atoms with Crippen molar-refractivity contribution in [1.82, 2.24) is 9.88 Å². The molecule has 0 amide bonds. The molecule has 0 aliphatic rings. The van der Waals surface area contributed by atoms with Crippen LogP contribution in [0, 0.1) is 11.3 Å². The summed E-state index contributed by atoms with van der Waals surface area (Å²) in [4.78, 5) is 6.47. The van der Waals surface area contributed by atoms with Crippen LogP contribution in [0.3, 0.4) is 0 Å². The zero-order valence-electron chi connectivity index (χ0n) is 10.5. The van der Waals surface area contributed by atoms with Crippen LogP contribution in [0.2, 0.25) is 0 Å². The van der Waals surface area contributed by atoms with Crippen molar-refractivity contribution in [3.8, 4) is 6.07 Å². The first kappa shape index (κ1) is 12.3. The summed E-state index contributed by atoms with van der Waals surface area (Å²) >= 11 is 0. The van der Waals surface area contributed by atoms with Gasteiger partial charge >= 0.3 is 0 Å². The number of furan rings is 1. The van der Waals surface area contributed by atoms with E-state index in [1.807, 2.05) is 37.4 Å². The molecule has 0 saturated carbocycles. The Morgan fingerprint density at radius 1 is 1.39 bits per heavy atom. The molecule has 2 aromatic heterocycles. The molecule has 0 radical (unpaired) electrons. The summed E-state index contributed by atoms with van der Waals surface area (Å²) in [6.45, 7) is 2.75. The van der Waals surface area contributed by atoms with E-state index in [2.05, 4.69) is 16.8 Å². The van der Waals surface area contributed by atoms with Crippen molar-refractivity contribution in [2.24, 2.45) is 0 Å². The SMILES string of the molecule is C[C@H](c1ccccn1)N(C)Cc1ccc(C#N)o1. The molecular formula is C14H15N3O. The number of nitrogens with zero attached hydrogens (tertiary/aromatic N) is 3. The number of hydrogen-bond acceptors (Lipinski definition) is 4. The minimum atomic E-state index is 0.196. The monoisotopic (exact) mass is 241 g/mol. The van der Waals surface area contributed by atoms with Crippen LogP contribution in [0.5, 0.6) is 0 Å². The zero-order chi connectivity index (χ0) is 13.0. The number of hydrogen-bond donors (Lipinski definition) is 0. The molecule has 0 unspecified atom stereocenters. The predicted molar refractivity (Wildman–Crippen MR) is 67.5 cm³/mol. The van der Waals surface area contributed by atoms with Gasteiger partial charge in [-0.2, -0.15) is 5.26 Å². The fourth-order valence-electron chi connectivity index (χ4n) is 1.75. The van der Waals surface area contributed by atoms with Crippen molar-refractivity contribution in [2.75, 3.05) is 7.05 Å². The van der Waals surface area contributed by atoms with Crippen LogP contribution in [0.4, 0.5) is 0 Å². The number of rotatable bonds is 4. The third kappa shape index (κ3) is 2.76. The van der Waals surface area contributed by atoms with Crippen LogP contribution in [-0.2, 0) is 6.54 Å². The highest BCUT2D eigenvalue weighted by Crippen LogP contribution is 2.19. The van der Waals surface area contributed by atoms with Gasteiger partial charge in [0.25, 0.3) is 0 Å². The van der Waals surface area contributed by atoms with E-state index >= 15 is 0 Å². The molecule has 4 heteroatoms. The second kappa shape index (κ2) is 5.48. The molecule has 92 valence electrons. The summed E-state index contributed by atoms with van der Waals surface area (Å²) in [7, 11) is 2.01.